The second-order valence-corrected chi connectivity index (χ2v) is 7.82. The highest BCUT2D eigenvalue weighted by Gasteiger charge is 2.41. The molecule has 0 radical (unpaired) electrons. The first-order valence-electron chi connectivity index (χ1n) is 8.00. The van der Waals surface area contributed by atoms with Gasteiger partial charge in [0, 0.05) is 25.0 Å². The van der Waals surface area contributed by atoms with Gasteiger partial charge >= 0.3 is 0 Å². The van der Waals surface area contributed by atoms with Gasteiger partial charge in [-0.1, -0.05) is 12.8 Å². The molecule has 0 aromatic carbocycles. The van der Waals surface area contributed by atoms with Gasteiger partial charge in [0.15, 0.2) is 5.96 Å². The monoisotopic (exact) mass is 434 g/mol. The standard InChI is InChI=1S/C16H26N4S.HI/c1-12-13(2)21-14(19-12)10-18-15(17-3)20-9-8-16(11-20)6-4-5-7-16;/h4-11H2,1-3H3,(H,17,18);1H. The van der Waals surface area contributed by atoms with Gasteiger partial charge in [0.25, 0.3) is 0 Å². The lowest BCUT2D eigenvalue weighted by Gasteiger charge is -2.25. The Balaban J connectivity index is 0.00000176. The zero-order valence-electron chi connectivity index (χ0n) is 13.8. The number of hydrogen-bond donors (Lipinski definition) is 1. The van der Waals surface area contributed by atoms with E-state index >= 15 is 0 Å². The van der Waals surface area contributed by atoms with Gasteiger partial charge in [-0.2, -0.15) is 0 Å². The minimum absolute atomic E-state index is 0. The molecule has 124 valence electrons. The molecule has 1 spiro atoms. The Labute approximate surface area is 154 Å². The van der Waals surface area contributed by atoms with E-state index in [1.54, 1.807) is 11.3 Å². The van der Waals surface area contributed by atoms with Crippen LogP contribution in [-0.4, -0.2) is 36.0 Å². The summed E-state index contributed by atoms with van der Waals surface area (Å²) in [5, 5.41) is 4.65. The Morgan fingerprint density at radius 2 is 2.05 bits per heavy atom. The minimum atomic E-state index is 0. The molecule has 1 saturated carbocycles. The van der Waals surface area contributed by atoms with E-state index in [1.807, 2.05) is 7.05 Å². The van der Waals surface area contributed by atoms with Gasteiger partial charge in [-0.05, 0) is 38.5 Å². The smallest absolute Gasteiger partial charge is 0.194 e. The normalized spacial score (nSPS) is 20.5. The van der Waals surface area contributed by atoms with Crippen LogP contribution in [0.4, 0.5) is 0 Å². The maximum atomic E-state index is 4.60. The fraction of sp³-hybridized carbons (Fsp3) is 0.750. The number of likely N-dealkylation sites (tertiary alicyclic amines) is 1. The number of halogens is 1. The summed E-state index contributed by atoms with van der Waals surface area (Å²) in [7, 11) is 1.89. The van der Waals surface area contributed by atoms with Gasteiger partial charge in [0.2, 0.25) is 0 Å². The summed E-state index contributed by atoms with van der Waals surface area (Å²) in [6.07, 6.45) is 6.98. The topological polar surface area (TPSA) is 40.5 Å². The van der Waals surface area contributed by atoms with Crippen molar-refractivity contribution < 1.29 is 0 Å². The third-order valence-electron chi connectivity index (χ3n) is 5.08. The van der Waals surface area contributed by atoms with Crippen molar-refractivity contribution in [2.45, 2.75) is 52.5 Å². The van der Waals surface area contributed by atoms with E-state index in [0.717, 1.165) is 29.8 Å². The summed E-state index contributed by atoms with van der Waals surface area (Å²) in [5.41, 5.74) is 1.74. The molecular weight excluding hydrogens is 407 g/mol. The van der Waals surface area contributed by atoms with Crippen molar-refractivity contribution in [3.8, 4) is 0 Å². The third kappa shape index (κ3) is 3.75. The Bertz CT molecular complexity index is 515. The molecule has 6 heteroatoms. The molecule has 4 nitrogen and oxygen atoms in total. The predicted octanol–water partition coefficient (Wildman–Crippen LogP) is 3.72. The SMILES string of the molecule is CN=C(NCc1nc(C)c(C)s1)N1CCC2(CCCC2)C1.I. The van der Waals surface area contributed by atoms with Gasteiger partial charge < -0.3 is 10.2 Å². The zero-order valence-corrected chi connectivity index (χ0v) is 17.0. The first-order valence-corrected chi connectivity index (χ1v) is 8.82. The van der Waals surface area contributed by atoms with Crippen molar-refractivity contribution in [3.05, 3.63) is 15.6 Å². The zero-order chi connectivity index (χ0) is 14.9. The number of nitrogens with zero attached hydrogens (tertiary/aromatic N) is 3. The van der Waals surface area contributed by atoms with Crippen LogP contribution in [0.1, 0.15) is 47.7 Å². The molecule has 1 aromatic rings. The molecule has 0 bridgehead atoms. The number of hydrogen-bond acceptors (Lipinski definition) is 3. The average molecular weight is 434 g/mol. The molecule has 22 heavy (non-hydrogen) atoms. The number of thiazole rings is 1. The number of nitrogens with one attached hydrogen (secondary N) is 1. The molecule has 2 fully saturated rings. The summed E-state index contributed by atoms with van der Waals surface area (Å²) < 4.78 is 0. The molecule has 2 heterocycles. The molecule has 0 unspecified atom stereocenters. The lowest BCUT2D eigenvalue weighted by atomic mass is 9.86. The van der Waals surface area contributed by atoms with Crippen LogP contribution in [0.15, 0.2) is 4.99 Å². The van der Waals surface area contributed by atoms with E-state index in [2.05, 4.69) is 34.0 Å². The molecule has 3 rings (SSSR count). The van der Waals surface area contributed by atoms with Crippen molar-refractivity contribution in [2.24, 2.45) is 10.4 Å². The van der Waals surface area contributed by atoms with Crippen molar-refractivity contribution >= 4 is 41.3 Å². The Morgan fingerprint density at radius 1 is 1.32 bits per heavy atom. The van der Waals surface area contributed by atoms with Crippen LogP contribution in [0.2, 0.25) is 0 Å². The fourth-order valence-electron chi connectivity index (χ4n) is 3.75. The van der Waals surface area contributed by atoms with Crippen LogP contribution >= 0.6 is 35.3 Å². The number of rotatable bonds is 2. The Kier molecular flexibility index (Phi) is 6.10. The molecule has 1 aliphatic carbocycles. The van der Waals surface area contributed by atoms with Gasteiger partial charge in [0.05, 0.1) is 12.2 Å². The van der Waals surface area contributed by atoms with Crippen molar-refractivity contribution in [1.82, 2.24) is 15.2 Å². The van der Waals surface area contributed by atoms with E-state index in [0.29, 0.717) is 5.41 Å². The maximum Gasteiger partial charge on any atom is 0.194 e. The number of aromatic nitrogens is 1. The van der Waals surface area contributed by atoms with Crippen LogP contribution in [0.25, 0.3) is 0 Å². The first kappa shape index (κ1) is 18.0. The average Bonchev–Trinajstić information content (AvgIpc) is 3.16. The number of aryl methyl sites for hydroxylation is 2. The van der Waals surface area contributed by atoms with Crippen molar-refractivity contribution in [2.75, 3.05) is 20.1 Å². The highest BCUT2D eigenvalue weighted by Crippen LogP contribution is 2.45. The maximum absolute atomic E-state index is 4.60. The van der Waals surface area contributed by atoms with Crippen LogP contribution in [0.3, 0.4) is 0 Å². The molecule has 1 aromatic heterocycles. The molecule has 0 atom stereocenters. The first-order chi connectivity index (χ1) is 10.1. The van der Waals surface area contributed by atoms with Gasteiger partial charge in [-0.15, -0.1) is 35.3 Å². The molecule has 2 aliphatic rings. The third-order valence-corrected chi connectivity index (χ3v) is 6.16. The highest BCUT2D eigenvalue weighted by atomic mass is 127. The summed E-state index contributed by atoms with van der Waals surface area (Å²) in [4.78, 5) is 12.8. The molecule has 1 aliphatic heterocycles. The van der Waals surface area contributed by atoms with E-state index in [9.17, 15) is 0 Å². The largest absolute Gasteiger partial charge is 0.350 e. The van der Waals surface area contributed by atoms with Crippen LogP contribution in [0, 0.1) is 19.3 Å². The van der Waals surface area contributed by atoms with E-state index in [4.69, 9.17) is 0 Å². The summed E-state index contributed by atoms with van der Waals surface area (Å²) >= 11 is 1.78. The summed E-state index contributed by atoms with van der Waals surface area (Å²) in [5.74, 6) is 1.05. The van der Waals surface area contributed by atoms with Gasteiger partial charge in [0.1, 0.15) is 5.01 Å². The molecule has 1 saturated heterocycles. The predicted molar refractivity (Wildman–Crippen MR) is 104 cm³/mol. The quantitative estimate of drug-likeness (QED) is 0.438. The highest BCUT2D eigenvalue weighted by molar-refractivity contribution is 14.0. The lowest BCUT2D eigenvalue weighted by molar-refractivity contribution is 0.309. The summed E-state index contributed by atoms with van der Waals surface area (Å²) in [6.45, 7) is 7.33. The summed E-state index contributed by atoms with van der Waals surface area (Å²) in [6, 6.07) is 0. The van der Waals surface area contributed by atoms with Crippen LogP contribution < -0.4 is 5.32 Å². The number of aliphatic imine (C=N–C) groups is 1. The van der Waals surface area contributed by atoms with Gasteiger partial charge in [-0.3, -0.25) is 4.99 Å². The number of guanidine groups is 1. The van der Waals surface area contributed by atoms with Crippen LogP contribution in [0.5, 0.6) is 0 Å². The Morgan fingerprint density at radius 3 is 2.64 bits per heavy atom. The van der Waals surface area contributed by atoms with Crippen LogP contribution in [-0.2, 0) is 6.54 Å². The second-order valence-electron chi connectivity index (χ2n) is 6.53. The second kappa shape index (κ2) is 7.47. The lowest BCUT2D eigenvalue weighted by Crippen LogP contribution is -2.40. The molecule has 1 N–H and O–H groups in total. The Hall–Kier alpha value is -0.370. The van der Waals surface area contributed by atoms with Crippen molar-refractivity contribution in [1.29, 1.82) is 0 Å². The van der Waals surface area contributed by atoms with E-state index in [1.165, 1.54) is 43.5 Å². The fourth-order valence-corrected chi connectivity index (χ4v) is 4.62. The van der Waals surface area contributed by atoms with E-state index in [-0.39, 0.29) is 24.0 Å². The van der Waals surface area contributed by atoms with Crippen molar-refractivity contribution in [3.63, 3.8) is 0 Å². The molecular formula is C16H27IN4S. The van der Waals surface area contributed by atoms with E-state index < -0.39 is 0 Å². The molecule has 0 amide bonds. The minimum Gasteiger partial charge on any atom is -0.350 e. The van der Waals surface area contributed by atoms with Gasteiger partial charge in [-0.25, -0.2) is 4.98 Å².